The van der Waals surface area contributed by atoms with Crippen LogP contribution in [0.2, 0.25) is 0 Å². The summed E-state index contributed by atoms with van der Waals surface area (Å²) in [5.41, 5.74) is 2.30. The lowest BCUT2D eigenvalue weighted by molar-refractivity contribution is 0.0487. The molecule has 4 aromatic rings. The smallest absolute Gasteiger partial charge is 0.279 e. The number of fused-ring (bicyclic) bond motifs is 1. The Morgan fingerprint density at radius 1 is 1.09 bits per heavy atom. The molecule has 0 aliphatic carbocycles. The van der Waals surface area contributed by atoms with Gasteiger partial charge < -0.3 is 19.3 Å². The fraction of sp³-hybridized carbons (Fsp3) is 0.0909. The van der Waals surface area contributed by atoms with Gasteiger partial charge in [-0.2, -0.15) is 0 Å². The summed E-state index contributed by atoms with van der Waals surface area (Å²) in [6.45, 7) is 1.89. The van der Waals surface area contributed by atoms with Crippen LogP contribution in [0, 0.1) is 6.92 Å². The van der Waals surface area contributed by atoms with Gasteiger partial charge in [0.2, 0.25) is 0 Å². The van der Waals surface area contributed by atoms with Crippen molar-refractivity contribution < 1.29 is 18.8 Å². The van der Waals surface area contributed by atoms with E-state index in [0.717, 1.165) is 10.6 Å². The van der Waals surface area contributed by atoms with Crippen molar-refractivity contribution in [2.45, 2.75) is 13.2 Å². The molecule has 1 unspecified atom stereocenters. The molecular weight excluding hydrogens is 448 g/mol. The molecule has 10 heteroatoms. The van der Waals surface area contributed by atoms with E-state index in [2.05, 4.69) is 20.8 Å². The van der Waals surface area contributed by atoms with Crippen molar-refractivity contribution in [1.29, 1.82) is 0 Å². The highest BCUT2D eigenvalue weighted by atomic mass is 32.1. The van der Waals surface area contributed by atoms with Gasteiger partial charge in [0.25, 0.3) is 12.2 Å². The molecule has 2 aromatic carbocycles. The SMILES string of the molecule is Cc1nc(-c2cc(C(=O)NC(=S)Nc3ccc4c(c3)OC(c3ccccc3)O4)no2)cs1. The van der Waals surface area contributed by atoms with E-state index < -0.39 is 12.2 Å². The Hall–Kier alpha value is -3.76. The lowest BCUT2D eigenvalue weighted by atomic mass is 10.2. The van der Waals surface area contributed by atoms with Crippen LogP contribution in [0.4, 0.5) is 5.69 Å². The maximum Gasteiger partial charge on any atom is 0.279 e. The Labute approximate surface area is 192 Å². The number of thiocarbonyl (C=S) groups is 1. The summed E-state index contributed by atoms with van der Waals surface area (Å²) >= 11 is 6.75. The van der Waals surface area contributed by atoms with Gasteiger partial charge in [-0.15, -0.1) is 11.3 Å². The third kappa shape index (κ3) is 4.18. The number of aromatic nitrogens is 2. The molecule has 5 rings (SSSR count). The van der Waals surface area contributed by atoms with E-state index >= 15 is 0 Å². The summed E-state index contributed by atoms with van der Waals surface area (Å²) in [5, 5.41) is 12.2. The van der Waals surface area contributed by atoms with Gasteiger partial charge in [0, 0.05) is 28.8 Å². The van der Waals surface area contributed by atoms with Crippen molar-refractivity contribution in [3.05, 3.63) is 76.2 Å². The summed E-state index contributed by atoms with van der Waals surface area (Å²) in [7, 11) is 0. The average molecular weight is 465 g/mol. The zero-order valence-corrected chi connectivity index (χ0v) is 18.3. The molecule has 2 N–H and O–H groups in total. The monoisotopic (exact) mass is 464 g/mol. The number of ether oxygens (including phenoxy) is 2. The van der Waals surface area contributed by atoms with Gasteiger partial charge >= 0.3 is 0 Å². The molecule has 160 valence electrons. The topological polar surface area (TPSA) is 98.5 Å². The highest BCUT2D eigenvalue weighted by molar-refractivity contribution is 7.80. The van der Waals surface area contributed by atoms with Gasteiger partial charge in [0.15, 0.2) is 28.1 Å². The predicted octanol–water partition coefficient (Wildman–Crippen LogP) is 4.70. The fourth-order valence-electron chi connectivity index (χ4n) is 3.09. The molecule has 1 atom stereocenters. The maximum atomic E-state index is 12.5. The van der Waals surface area contributed by atoms with Gasteiger partial charge in [0.05, 0.1) is 5.01 Å². The Kier molecular flexibility index (Phi) is 5.29. The van der Waals surface area contributed by atoms with E-state index in [4.69, 9.17) is 26.2 Å². The molecule has 1 amide bonds. The van der Waals surface area contributed by atoms with E-state index in [1.807, 2.05) is 42.6 Å². The van der Waals surface area contributed by atoms with Crippen LogP contribution in [-0.2, 0) is 0 Å². The van der Waals surface area contributed by atoms with Crippen LogP contribution >= 0.6 is 23.6 Å². The average Bonchev–Trinajstić information content (AvgIpc) is 3.53. The number of aryl methyl sites for hydroxylation is 1. The summed E-state index contributed by atoms with van der Waals surface area (Å²) in [4.78, 5) is 16.8. The number of carbonyl (C=O) groups excluding carboxylic acids is 1. The quantitative estimate of drug-likeness (QED) is 0.419. The maximum absolute atomic E-state index is 12.5. The summed E-state index contributed by atoms with van der Waals surface area (Å²) in [6.07, 6.45) is -0.504. The van der Waals surface area contributed by atoms with Crippen molar-refractivity contribution in [2.75, 3.05) is 5.32 Å². The molecule has 1 aliphatic rings. The van der Waals surface area contributed by atoms with Crippen molar-refractivity contribution in [3.8, 4) is 23.0 Å². The molecule has 0 bridgehead atoms. The van der Waals surface area contributed by atoms with Crippen LogP contribution in [0.25, 0.3) is 11.5 Å². The molecule has 0 spiro atoms. The molecule has 2 aromatic heterocycles. The van der Waals surface area contributed by atoms with Crippen LogP contribution in [0.3, 0.4) is 0 Å². The number of rotatable bonds is 4. The van der Waals surface area contributed by atoms with Crippen molar-refractivity contribution in [3.63, 3.8) is 0 Å². The molecule has 0 saturated carbocycles. The second-order valence-electron chi connectivity index (χ2n) is 6.88. The van der Waals surface area contributed by atoms with Crippen LogP contribution in [-0.4, -0.2) is 21.2 Å². The van der Waals surface area contributed by atoms with E-state index in [0.29, 0.717) is 28.6 Å². The van der Waals surface area contributed by atoms with E-state index in [1.54, 1.807) is 18.2 Å². The number of thiazole rings is 1. The first-order chi connectivity index (χ1) is 15.5. The minimum Gasteiger partial charge on any atom is -0.447 e. The highest BCUT2D eigenvalue weighted by Crippen LogP contribution is 2.41. The van der Waals surface area contributed by atoms with Gasteiger partial charge in [-0.1, -0.05) is 35.5 Å². The second-order valence-corrected chi connectivity index (χ2v) is 8.35. The fourth-order valence-corrected chi connectivity index (χ4v) is 3.90. The molecule has 32 heavy (non-hydrogen) atoms. The van der Waals surface area contributed by atoms with Gasteiger partial charge in [-0.25, -0.2) is 4.98 Å². The van der Waals surface area contributed by atoms with Gasteiger partial charge in [0.1, 0.15) is 5.69 Å². The van der Waals surface area contributed by atoms with Crippen LogP contribution < -0.4 is 20.1 Å². The van der Waals surface area contributed by atoms with E-state index in [1.165, 1.54) is 17.4 Å². The van der Waals surface area contributed by atoms with Crippen LogP contribution in [0.5, 0.6) is 11.5 Å². The Morgan fingerprint density at radius 3 is 2.69 bits per heavy atom. The number of nitrogens with zero attached hydrogens (tertiary/aromatic N) is 2. The molecule has 0 radical (unpaired) electrons. The van der Waals surface area contributed by atoms with Crippen molar-refractivity contribution >= 4 is 40.3 Å². The predicted molar refractivity (Wildman–Crippen MR) is 123 cm³/mol. The Morgan fingerprint density at radius 2 is 1.91 bits per heavy atom. The number of anilines is 1. The molecule has 0 saturated heterocycles. The van der Waals surface area contributed by atoms with Crippen LogP contribution in [0.15, 0.2) is 64.5 Å². The third-order valence-electron chi connectivity index (χ3n) is 4.58. The minimum absolute atomic E-state index is 0.103. The summed E-state index contributed by atoms with van der Waals surface area (Å²) in [5.74, 6) is 1.14. The standard InChI is InChI=1S/C22H16N4O4S2/c1-12-23-16(11-32-12)18-10-15(26-30-18)20(27)25-22(31)24-14-7-8-17-19(9-14)29-21(28-17)13-5-3-2-4-6-13/h2-11,21H,1H3,(H2,24,25,27,31). The molecule has 0 fully saturated rings. The number of benzene rings is 2. The van der Waals surface area contributed by atoms with Crippen molar-refractivity contribution in [1.82, 2.24) is 15.5 Å². The zero-order chi connectivity index (χ0) is 22.1. The first-order valence-electron chi connectivity index (χ1n) is 9.59. The first kappa shape index (κ1) is 20.2. The third-order valence-corrected chi connectivity index (χ3v) is 5.56. The molecular formula is C22H16N4O4S2. The zero-order valence-electron chi connectivity index (χ0n) is 16.7. The van der Waals surface area contributed by atoms with Gasteiger partial charge in [-0.05, 0) is 31.3 Å². The Balaban J connectivity index is 1.21. The summed E-state index contributed by atoms with van der Waals surface area (Å²) < 4.78 is 17.0. The van der Waals surface area contributed by atoms with E-state index in [-0.39, 0.29) is 10.8 Å². The first-order valence-corrected chi connectivity index (χ1v) is 10.9. The number of hydrogen-bond donors (Lipinski definition) is 2. The molecule has 8 nitrogen and oxygen atoms in total. The lowest BCUT2D eigenvalue weighted by Crippen LogP contribution is -2.34. The summed E-state index contributed by atoms with van der Waals surface area (Å²) in [6, 6.07) is 16.5. The number of hydrogen-bond acceptors (Lipinski definition) is 8. The van der Waals surface area contributed by atoms with Crippen LogP contribution in [0.1, 0.15) is 27.3 Å². The molecule has 1 aliphatic heterocycles. The normalized spacial score (nSPS) is 14.2. The largest absolute Gasteiger partial charge is 0.447 e. The molecule has 3 heterocycles. The number of amides is 1. The Bertz CT molecular complexity index is 1300. The number of carbonyl (C=O) groups is 1. The van der Waals surface area contributed by atoms with E-state index in [9.17, 15) is 4.79 Å². The number of nitrogens with one attached hydrogen (secondary N) is 2. The van der Waals surface area contributed by atoms with Crippen molar-refractivity contribution in [2.24, 2.45) is 0 Å². The van der Waals surface area contributed by atoms with Gasteiger partial charge in [-0.3, -0.25) is 10.1 Å². The lowest BCUT2D eigenvalue weighted by Gasteiger charge is -2.09. The highest BCUT2D eigenvalue weighted by Gasteiger charge is 2.26. The minimum atomic E-state index is -0.504. The second kappa shape index (κ2) is 8.40.